The molecule has 2 aliphatic rings. The number of benzene rings is 1. The van der Waals surface area contributed by atoms with Crippen molar-refractivity contribution in [1.29, 1.82) is 0 Å². The second-order valence-electron chi connectivity index (χ2n) is 8.68. The summed E-state index contributed by atoms with van der Waals surface area (Å²) < 4.78 is 53.8. The third-order valence-electron chi connectivity index (χ3n) is 6.25. The van der Waals surface area contributed by atoms with Gasteiger partial charge in [-0.15, -0.1) is 0 Å². The summed E-state index contributed by atoms with van der Waals surface area (Å²) in [5.74, 6) is -0.110. The van der Waals surface area contributed by atoms with E-state index in [1.165, 1.54) is 0 Å². The van der Waals surface area contributed by atoms with Gasteiger partial charge in [0, 0.05) is 49.1 Å². The number of hydrogen-bond acceptors (Lipinski definition) is 7. The van der Waals surface area contributed by atoms with E-state index >= 15 is 0 Å². The topological polar surface area (TPSA) is 94.4 Å². The summed E-state index contributed by atoms with van der Waals surface area (Å²) in [6.45, 7) is 3.80. The molecule has 5 rings (SSSR count). The van der Waals surface area contributed by atoms with Gasteiger partial charge in [-0.3, -0.25) is 9.48 Å². The van der Waals surface area contributed by atoms with Crippen molar-refractivity contribution in [3.8, 4) is 11.3 Å². The molecule has 9 nitrogen and oxygen atoms in total. The Morgan fingerprint density at radius 3 is 2.53 bits per heavy atom. The number of hydrogen-bond donors (Lipinski definition) is 1. The number of carbonyl (C=O) groups excluding carboxylic acids is 1. The molecule has 2 saturated heterocycles. The van der Waals surface area contributed by atoms with Crippen LogP contribution >= 0.6 is 0 Å². The minimum atomic E-state index is -4.63. The largest absolute Gasteiger partial charge is 0.419 e. The van der Waals surface area contributed by atoms with Crippen LogP contribution in [-0.4, -0.2) is 58.6 Å². The molecule has 190 valence electrons. The predicted octanol–water partition coefficient (Wildman–Crippen LogP) is 4.13. The van der Waals surface area contributed by atoms with E-state index in [0.29, 0.717) is 49.0 Å². The Labute approximate surface area is 205 Å². The Morgan fingerprint density at radius 2 is 1.83 bits per heavy atom. The zero-order chi connectivity index (χ0) is 25.3. The first-order chi connectivity index (χ1) is 17.3. The SMILES string of the molecule is Cc1nn(C2CCOCC2)cc1-c1nc(Nc2ccc(N3CCOCC3=O)cc2)ncc1C(F)(F)F. The first-order valence-electron chi connectivity index (χ1n) is 11.6. The van der Waals surface area contributed by atoms with E-state index < -0.39 is 11.7 Å². The van der Waals surface area contributed by atoms with Gasteiger partial charge in [0.15, 0.2) is 0 Å². The number of morpholine rings is 1. The number of aryl methyl sites for hydroxylation is 1. The van der Waals surface area contributed by atoms with Crippen molar-refractivity contribution in [1.82, 2.24) is 19.7 Å². The number of rotatable bonds is 5. The van der Waals surface area contributed by atoms with Gasteiger partial charge in [-0.25, -0.2) is 9.97 Å². The molecule has 1 amide bonds. The number of ether oxygens (including phenoxy) is 2. The molecule has 12 heteroatoms. The lowest BCUT2D eigenvalue weighted by molar-refractivity contribution is -0.137. The Kier molecular flexibility index (Phi) is 6.63. The lowest BCUT2D eigenvalue weighted by atomic mass is 10.1. The normalized spacial score (nSPS) is 17.4. The molecule has 0 saturated carbocycles. The summed E-state index contributed by atoms with van der Waals surface area (Å²) in [6, 6.07) is 6.99. The minimum absolute atomic E-state index is 0.0198. The van der Waals surface area contributed by atoms with Gasteiger partial charge >= 0.3 is 6.18 Å². The van der Waals surface area contributed by atoms with Crippen molar-refractivity contribution >= 4 is 23.2 Å². The lowest BCUT2D eigenvalue weighted by Gasteiger charge is -2.26. The first kappa shape index (κ1) is 24.2. The van der Waals surface area contributed by atoms with Crippen molar-refractivity contribution < 1.29 is 27.4 Å². The number of carbonyl (C=O) groups is 1. The van der Waals surface area contributed by atoms with Crippen molar-refractivity contribution in [3.63, 3.8) is 0 Å². The van der Waals surface area contributed by atoms with Crippen LogP contribution in [0.5, 0.6) is 0 Å². The third kappa shape index (κ3) is 5.05. The van der Waals surface area contributed by atoms with Crippen molar-refractivity contribution in [2.75, 3.05) is 43.2 Å². The Hall–Kier alpha value is -3.51. The van der Waals surface area contributed by atoms with E-state index in [4.69, 9.17) is 9.47 Å². The summed E-state index contributed by atoms with van der Waals surface area (Å²) in [6.07, 6.45) is -0.727. The standard InChI is InChI=1S/C24H25F3N6O3/c1-15-19(13-33(31-15)18-6-9-35-10-7-18)22-20(24(25,26)27)12-28-23(30-22)29-16-2-4-17(5-3-16)32-8-11-36-14-21(32)34/h2-5,12-13,18H,6-11,14H2,1H3,(H,28,29,30). The summed E-state index contributed by atoms with van der Waals surface area (Å²) in [5.41, 5.74) is 0.880. The van der Waals surface area contributed by atoms with Crippen LogP contribution in [0.25, 0.3) is 11.3 Å². The number of halogens is 3. The summed E-state index contributed by atoms with van der Waals surface area (Å²) >= 11 is 0. The summed E-state index contributed by atoms with van der Waals surface area (Å²) in [4.78, 5) is 21.8. The van der Waals surface area contributed by atoms with Crippen LogP contribution in [0.15, 0.2) is 36.7 Å². The number of amides is 1. The van der Waals surface area contributed by atoms with Gasteiger partial charge in [-0.2, -0.15) is 18.3 Å². The Morgan fingerprint density at radius 1 is 1.08 bits per heavy atom. The maximum absolute atomic E-state index is 13.9. The molecule has 2 fully saturated rings. The molecule has 0 radical (unpaired) electrons. The quantitative estimate of drug-likeness (QED) is 0.561. The molecular formula is C24H25F3N6O3. The third-order valence-corrected chi connectivity index (χ3v) is 6.25. The van der Waals surface area contributed by atoms with E-state index in [9.17, 15) is 18.0 Å². The second kappa shape index (κ2) is 9.86. The number of nitrogens with one attached hydrogen (secondary N) is 1. The van der Waals surface area contributed by atoms with Crippen molar-refractivity contribution in [2.45, 2.75) is 32.0 Å². The van der Waals surface area contributed by atoms with Gasteiger partial charge in [0.2, 0.25) is 5.95 Å². The van der Waals surface area contributed by atoms with Crippen LogP contribution < -0.4 is 10.2 Å². The fraction of sp³-hybridized carbons (Fsp3) is 0.417. The molecular weight excluding hydrogens is 477 g/mol. The minimum Gasteiger partial charge on any atom is -0.381 e. The van der Waals surface area contributed by atoms with Crippen LogP contribution in [0.1, 0.15) is 30.1 Å². The zero-order valence-corrected chi connectivity index (χ0v) is 19.6. The first-order valence-corrected chi connectivity index (χ1v) is 11.6. The van der Waals surface area contributed by atoms with Crippen LogP contribution in [-0.2, 0) is 20.4 Å². The highest BCUT2D eigenvalue weighted by atomic mass is 19.4. The van der Waals surface area contributed by atoms with Crippen LogP contribution in [0, 0.1) is 6.92 Å². The molecule has 0 bridgehead atoms. The molecule has 4 heterocycles. The fourth-order valence-corrected chi connectivity index (χ4v) is 4.35. The van der Waals surface area contributed by atoms with Gasteiger partial charge in [0.05, 0.1) is 24.0 Å². The van der Waals surface area contributed by atoms with E-state index in [1.54, 1.807) is 47.0 Å². The van der Waals surface area contributed by atoms with Gasteiger partial charge in [-0.05, 0) is 44.0 Å². The second-order valence-corrected chi connectivity index (χ2v) is 8.68. The van der Waals surface area contributed by atoms with Crippen LogP contribution in [0.2, 0.25) is 0 Å². The highest BCUT2D eigenvalue weighted by Crippen LogP contribution is 2.38. The van der Waals surface area contributed by atoms with Crippen molar-refractivity contribution in [2.24, 2.45) is 0 Å². The van der Waals surface area contributed by atoms with Gasteiger partial charge in [0.25, 0.3) is 5.91 Å². The fourth-order valence-electron chi connectivity index (χ4n) is 4.35. The molecule has 2 aromatic heterocycles. The number of anilines is 3. The highest BCUT2D eigenvalue weighted by Gasteiger charge is 2.36. The summed E-state index contributed by atoms with van der Waals surface area (Å²) in [5, 5.41) is 7.44. The molecule has 0 atom stereocenters. The molecule has 0 spiro atoms. The maximum Gasteiger partial charge on any atom is 0.419 e. The molecule has 1 N–H and O–H groups in total. The van der Waals surface area contributed by atoms with E-state index in [-0.39, 0.29) is 30.2 Å². The average Bonchev–Trinajstić information content (AvgIpc) is 3.26. The predicted molar refractivity (Wildman–Crippen MR) is 125 cm³/mol. The molecule has 0 aliphatic carbocycles. The zero-order valence-electron chi connectivity index (χ0n) is 19.6. The maximum atomic E-state index is 13.9. The number of aromatic nitrogens is 4. The van der Waals surface area contributed by atoms with Gasteiger partial charge in [0.1, 0.15) is 12.2 Å². The highest BCUT2D eigenvalue weighted by molar-refractivity contribution is 5.95. The Balaban J connectivity index is 1.43. The van der Waals surface area contributed by atoms with Gasteiger partial charge < -0.3 is 19.7 Å². The van der Waals surface area contributed by atoms with Crippen LogP contribution in [0.3, 0.4) is 0 Å². The van der Waals surface area contributed by atoms with E-state index in [2.05, 4.69) is 20.4 Å². The Bertz CT molecular complexity index is 1240. The molecule has 36 heavy (non-hydrogen) atoms. The monoisotopic (exact) mass is 502 g/mol. The van der Waals surface area contributed by atoms with E-state index in [1.807, 2.05) is 0 Å². The van der Waals surface area contributed by atoms with Crippen molar-refractivity contribution in [3.05, 3.63) is 47.9 Å². The molecule has 0 unspecified atom stereocenters. The van der Waals surface area contributed by atoms with Gasteiger partial charge in [-0.1, -0.05) is 0 Å². The lowest BCUT2D eigenvalue weighted by Crippen LogP contribution is -2.41. The van der Waals surface area contributed by atoms with Crippen LogP contribution in [0.4, 0.5) is 30.5 Å². The molecule has 2 aliphatic heterocycles. The molecule has 1 aromatic carbocycles. The molecule has 3 aromatic rings. The smallest absolute Gasteiger partial charge is 0.381 e. The average molecular weight is 502 g/mol. The summed E-state index contributed by atoms with van der Waals surface area (Å²) in [7, 11) is 0. The number of alkyl halides is 3. The van der Waals surface area contributed by atoms with E-state index in [0.717, 1.165) is 19.0 Å². The number of nitrogens with zero attached hydrogens (tertiary/aromatic N) is 5.